The molecule has 0 saturated heterocycles. The molecule has 0 aliphatic rings. The molecule has 0 radical (unpaired) electrons. The number of rotatable bonds is 2. The van der Waals surface area contributed by atoms with E-state index in [4.69, 9.17) is 4.74 Å². The van der Waals surface area contributed by atoms with Crippen molar-refractivity contribution in [1.29, 1.82) is 0 Å². The number of hydrogen-bond donors (Lipinski definition) is 0. The lowest BCUT2D eigenvalue weighted by molar-refractivity contribution is 0.386. The van der Waals surface area contributed by atoms with Gasteiger partial charge in [0, 0.05) is 12.6 Å². The minimum atomic E-state index is -0.369. The van der Waals surface area contributed by atoms with Crippen LogP contribution in [0.1, 0.15) is 5.69 Å². The Morgan fingerprint density at radius 1 is 1.41 bits per heavy atom. The third kappa shape index (κ3) is 2.07. The molecule has 0 aliphatic heterocycles. The highest BCUT2D eigenvalue weighted by atomic mass is 79.9. The Kier molecular flexibility index (Phi) is 3.19. The highest BCUT2D eigenvalue weighted by Gasteiger charge is 2.14. The molecule has 1 aromatic carbocycles. The second-order valence-corrected chi connectivity index (χ2v) is 4.51. The molecule has 90 valence electrons. The Morgan fingerprint density at radius 2 is 2.12 bits per heavy atom. The van der Waals surface area contributed by atoms with E-state index < -0.39 is 0 Å². The summed E-state index contributed by atoms with van der Waals surface area (Å²) in [5.41, 5.74) is 2.66. The quantitative estimate of drug-likeness (QED) is 0.850. The maximum Gasteiger partial charge on any atom is 0.165 e. The number of nitrogens with zero attached hydrogens (tertiary/aromatic N) is 2. The minimum absolute atomic E-state index is 0.230. The van der Waals surface area contributed by atoms with Crippen molar-refractivity contribution in [3.8, 4) is 17.0 Å². The molecule has 5 heteroatoms. The second kappa shape index (κ2) is 4.49. The van der Waals surface area contributed by atoms with Crippen LogP contribution in [0.4, 0.5) is 4.39 Å². The number of hydrogen-bond acceptors (Lipinski definition) is 2. The molecule has 0 saturated carbocycles. The fraction of sp³-hybridized carbons (Fsp3) is 0.250. The van der Waals surface area contributed by atoms with Crippen LogP contribution in [0.15, 0.2) is 22.7 Å². The van der Waals surface area contributed by atoms with Crippen molar-refractivity contribution in [2.45, 2.75) is 6.92 Å². The molecule has 0 atom stereocenters. The van der Waals surface area contributed by atoms with Crippen LogP contribution in [0.5, 0.6) is 5.75 Å². The van der Waals surface area contributed by atoms with Gasteiger partial charge >= 0.3 is 0 Å². The SMILES string of the molecule is COc1cc(-c2c(Br)c(C)nn2C)ccc1F. The number of ether oxygens (including phenoxy) is 1. The molecule has 2 aromatic rings. The topological polar surface area (TPSA) is 27.1 Å². The van der Waals surface area contributed by atoms with Gasteiger partial charge < -0.3 is 4.74 Å². The molecular weight excluding hydrogens is 287 g/mol. The van der Waals surface area contributed by atoms with Gasteiger partial charge in [-0.1, -0.05) is 0 Å². The smallest absolute Gasteiger partial charge is 0.165 e. The monoisotopic (exact) mass is 298 g/mol. The summed E-state index contributed by atoms with van der Waals surface area (Å²) < 4.78 is 21.0. The molecule has 0 unspecified atom stereocenters. The number of methoxy groups -OCH3 is 1. The van der Waals surface area contributed by atoms with Gasteiger partial charge in [0.2, 0.25) is 0 Å². The van der Waals surface area contributed by atoms with Crippen LogP contribution in [0.3, 0.4) is 0 Å². The normalized spacial score (nSPS) is 10.6. The first-order valence-corrected chi connectivity index (χ1v) is 5.87. The molecule has 0 aliphatic carbocycles. The number of halogens is 2. The van der Waals surface area contributed by atoms with Crippen LogP contribution in [0.25, 0.3) is 11.3 Å². The van der Waals surface area contributed by atoms with Gasteiger partial charge in [0.25, 0.3) is 0 Å². The Morgan fingerprint density at radius 3 is 2.65 bits per heavy atom. The molecule has 0 N–H and O–H groups in total. The van der Waals surface area contributed by atoms with Gasteiger partial charge in [0.15, 0.2) is 11.6 Å². The van der Waals surface area contributed by atoms with Gasteiger partial charge in [0.05, 0.1) is 23.0 Å². The average Bonchev–Trinajstić information content (AvgIpc) is 2.55. The van der Waals surface area contributed by atoms with E-state index in [0.29, 0.717) is 0 Å². The Labute approximate surface area is 107 Å². The Balaban J connectivity index is 2.60. The number of benzene rings is 1. The highest BCUT2D eigenvalue weighted by Crippen LogP contribution is 2.32. The molecule has 1 aromatic heterocycles. The molecule has 3 nitrogen and oxygen atoms in total. The first kappa shape index (κ1) is 12.1. The summed E-state index contributed by atoms with van der Waals surface area (Å²) in [7, 11) is 3.30. The van der Waals surface area contributed by atoms with Crippen molar-refractivity contribution in [3.63, 3.8) is 0 Å². The zero-order valence-corrected chi connectivity index (χ0v) is 11.4. The predicted molar refractivity (Wildman–Crippen MR) is 67.6 cm³/mol. The van der Waals surface area contributed by atoms with E-state index in [-0.39, 0.29) is 11.6 Å². The van der Waals surface area contributed by atoms with Crippen LogP contribution in [0.2, 0.25) is 0 Å². The maximum atomic E-state index is 13.3. The lowest BCUT2D eigenvalue weighted by Crippen LogP contribution is -1.95. The molecule has 0 fully saturated rings. The fourth-order valence-corrected chi connectivity index (χ4v) is 2.32. The Bertz CT molecular complexity index is 566. The number of aryl methyl sites for hydroxylation is 2. The van der Waals surface area contributed by atoms with Crippen LogP contribution in [-0.2, 0) is 7.05 Å². The lowest BCUT2D eigenvalue weighted by Gasteiger charge is -2.06. The molecule has 1 heterocycles. The first-order valence-electron chi connectivity index (χ1n) is 5.07. The summed E-state index contributed by atoms with van der Waals surface area (Å²) in [6.45, 7) is 1.91. The third-order valence-corrected chi connectivity index (χ3v) is 3.52. The molecular formula is C12H12BrFN2O. The molecule has 2 rings (SSSR count). The summed E-state index contributed by atoms with van der Waals surface area (Å²) in [6, 6.07) is 4.76. The zero-order valence-electron chi connectivity index (χ0n) is 9.79. The molecule has 0 amide bonds. The van der Waals surface area contributed by atoms with Crippen LogP contribution < -0.4 is 4.74 Å². The van der Waals surface area contributed by atoms with Crippen molar-refractivity contribution in [1.82, 2.24) is 9.78 Å². The fourth-order valence-electron chi connectivity index (χ4n) is 1.75. The van der Waals surface area contributed by atoms with Gasteiger partial charge in [0.1, 0.15) is 0 Å². The van der Waals surface area contributed by atoms with Gasteiger partial charge in [-0.2, -0.15) is 5.10 Å². The molecule has 17 heavy (non-hydrogen) atoms. The van der Waals surface area contributed by atoms with Crippen LogP contribution >= 0.6 is 15.9 Å². The minimum Gasteiger partial charge on any atom is -0.494 e. The van der Waals surface area contributed by atoms with Crippen molar-refractivity contribution < 1.29 is 9.13 Å². The van der Waals surface area contributed by atoms with E-state index >= 15 is 0 Å². The highest BCUT2D eigenvalue weighted by molar-refractivity contribution is 9.10. The summed E-state index contributed by atoms with van der Waals surface area (Å²) >= 11 is 3.48. The zero-order chi connectivity index (χ0) is 12.6. The number of aromatic nitrogens is 2. The summed E-state index contributed by atoms with van der Waals surface area (Å²) in [5.74, 6) is -0.139. The van der Waals surface area contributed by atoms with Gasteiger partial charge in [-0.15, -0.1) is 0 Å². The predicted octanol–water partition coefficient (Wildman–Crippen LogP) is 3.31. The van der Waals surface area contributed by atoms with Crippen LogP contribution in [0, 0.1) is 12.7 Å². The van der Waals surface area contributed by atoms with E-state index in [1.54, 1.807) is 16.8 Å². The molecule has 0 spiro atoms. The summed E-state index contributed by atoms with van der Waals surface area (Å²) in [4.78, 5) is 0. The van der Waals surface area contributed by atoms with Gasteiger partial charge in [-0.25, -0.2) is 4.39 Å². The van der Waals surface area contributed by atoms with E-state index in [0.717, 1.165) is 21.4 Å². The second-order valence-electron chi connectivity index (χ2n) is 3.72. The maximum absolute atomic E-state index is 13.3. The van der Waals surface area contributed by atoms with Crippen molar-refractivity contribution in [3.05, 3.63) is 34.2 Å². The largest absolute Gasteiger partial charge is 0.494 e. The van der Waals surface area contributed by atoms with Gasteiger partial charge in [-0.05, 0) is 41.1 Å². The Hall–Kier alpha value is -1.36. The van der Waals surface area contributed by atoms with E-state index in [9.17, 15) is 4.39 Å². The van der Waals surface area contributed by atoms with Crippen molar-refractivity contribution in [2.24, 2.45) is 7.05 Å². The van der Waals surface area contributed by atoms with E-state index in [1.165, 1.54) is 13.2 Å². The van der Waals surface area contributed by atoms with Crippen molar-refractivity contribution in [2.75, 3.05) is 7.11 Å². The lowest BCUT2D eigenvalue weighted by atomic mass is 10.1. The molecule has 0 bridgehead atoms. The van der Waals surface area contributed by atoms with Gasteiger partial charge in [-0.3, -0.25) is 4.68 Å². The van der Waals surface area contributed by atoms with Crippen LogP contribution in [-0.4, -0.2) is 16.9 Å². The van der Waals surface area contributed by atoms with Crippen molar-refractivity contribution >= 4 is 15.9 Å². The average molecular weight is 299 g/mol. The third-order valence-electron chi connectivity index (χ3n) is 2.57. The first-order chi connectivity index (χ1) is 8.04. The standard InChI is InChI=1S/C12H12BrFN2O/c1-7-11(13)12(16(2)15-7)8-4-5-9(14)10(6-8)17-3/h4-6H,1-3H3. The van der Waals surface area contributed by atoms with E-state index in [2.05, 4.69) is 21.0 Å². The summed E-state index contributed by atoms with van der Waals surface area (Å²) in [6.07, 6.45) is 0. The van der Waals surface area contributed by atoms with E-state index in [1.807, 2.05) is 14.0 Å². The summed E-state index contributed by atoms with van der Waals surface area (Å²) in [5, 5.41) is 4.30.